The third kappa shape index (κ3) is 3.96. The molecule has 0 unspecified atom stereocenters. The minimum atomic E-state index is 0.991. The second-order valence-electron chi connectivity index (χ2n) is 11.4. The summed E-state index contributed by atoms with van der Waals surface area (Å²) in [4.78, 5) is 9.72. The summed E-state index contributed by atoms with van der Waals surface area (Å²) in [7, 11) is 0. The van der Waals surface area contributed by atoms with Crippen LogP contribution in [0.15, 0.2) is 158 Å². The van der Waals surface area contributed by atoms with Crippen LogP contribution < -0.4 is 0 Å². The fourth-order valence-corrected chi connectivity index (χ4v) is 6.76. The molecule has 0 saturated carbocycles. The Morgan fingerprint density at radius 3 is 1.84 bits per heavy atom. The van der Waals surface area contributed by atoms with E-state index in [-0.39, 0.29) is 0 Å². The fourth-order valence-electron chi connectivity index (χ4n) is 6.76. The maximum atomic E-state index is 4.91. The number of hydrogen-bond acceptors (Lipinski definition) is 2. The topological polar surface area (TPSA) is 25.8 Å². The van der Waals surface area contributed by atoms with Crippen molar-refractivity contribution in [2.45, 2.75) is 0 Å². The first-order valence-electron chi connectivity index (χ1n) is 15.0. The molecule has 0 saturated heterocycles. The van der Waals surface area contributed by atoms with Crippen molar-refractivity contribution in [3.05, 3.63) is 158 Å². The molecule has 204 valence electrons. The van der Waals surface area contributed by atoms with Crippen molar-refractivity contribution in [3.63, 3.8) is 0 Å². The Morgan fingerprint density at radius 2 is 0.955 bits per heavy atom. The molecule has 0 amide bonds. The smallest absolute Gasteiger partial charge is 0.0708 e. The second kappa shape index (κ2) is 9.86. The van der Waals surface area contributed by atoms with E-state index in [1.54, 1.807) is 0 Å². The summed E-state index contributed by atoms with van der Waals surface area (Å²) in [6, 6.07) is 52.2. The highest BCUT2D eigenvalue weighted by molar-refractivity contribution is 6.22. The molecule has 2 heteroatoms. The van der Waals surface area contributed by atoms with Gasteiger partial charge in [-0.1, -0.05) is 109 Å². The number of pyridine rings is 2. The normalized spacial score (nSPS) is 11.6. The summed E-state index contributed by atoms with van der Waals surface area (Å²) >= 11 is 0. The number of hydrogen-bond donors (Lipinski definition) is 0. The van der Waals surface area contributed by atoms with Crippen LogP contribution in [0.1, 0.15) is 0 Å². The Labute approximate surface area is 254 Å². The lowest BCUT2D eigenvalue weighted by atomic mass is 9.88. The highest BCUT2D eigenvalue weighted by atomic mass is 14.7. The van der Waals surface area contributed by atoms with Gasteiger partial charge < -0.3 is 0 Å². The molecule has 0 fully saturated rings. The third-order valence-electron chi connectivity index (χ3n) is 8.88. The molecule has 0 N–H and O–H groups in total. The lowest BCUT2D eigenvalue weighted by molar-refractivity contribution is 1.41. The minimum Gasteiger partial charge on any atom is -0.256 e. The Kier molecular flexibility index (Phi) is 5.54. The molecule has 9 rings (SSSR count). The molecule has 0 aliphatic rings. The Morgan fingerprint density at radius 1 is 0.318 bits per heavy atom. The molecular formula is C42H26N2. The second-order valence-corrected chi connectivity index (χ2v) is 11.4. The van der Waals surface area contributed by atoms with E-state index in [1.165, 1.54) is 54.6 Å². The molecule has 0 aliphatic carbocycles. The van der Waals surface area contributed by atoms with Crippen LogP contribution in [0.2, 0.25) is 0 Å². The van der Waals surface area contributed by atoms with Gasteiger partial charge in [0.1, 0.15) is 0 Å². The van der Waals surface area contributed by atoms with Gasteiger partial charge >= 0.3 is 0 Å². The predicted molar refractivity (Wildman–Crippen MR) is 186 cm³/mol. The molecule has 2 aromatic heterocycles. The number of benzene rings is 7. The Hall–Kier alpha value is -5.86. The van der Waals surface area contributed by atoms with Crippen LogP contribution in [-0.2, 0) is 0 Å². The summed E-state index contributed by atoms with van der Waals surface area (Å²) < 4.78 is 0. The quantitative estimate of drug-likeness (QED) is 0.202. The van der Waals surface area contributed by atoms with Gasteiger partial charge in [0.05, 0.1) is 11.0 Å². The Balaban J connectivity index is 1.22. The van der Waals surface area contributed by atoms with Crippen LogP contribution in [0.25, 0.3) is 87.5 Å². The van der Waals surface area contributed by atoms with Gasteiger partial charge in [0.15, 0.2) is 0 Å². The van der Waals surface area contributed by atoms with E-state index in [1.807, 2.05) is 12.4 Å². The average molecular weight is 559 g/mol. The van der Waals surface area contributed by atoms with Crippen LogP contribution in [0, 0.1) is 0 Å². The molecule has 0 radical (unpaired) electrons. The molecule has 7 aromatic carbocycles. The van der Waals surface area contributed by atoms with Crippen molar-refractivity contribution in [1.82, 2.24) is 9.97 Å². The number of fused-ring (bicyclic) bond motifs is 7. The van der Waals surface area contributed by atoms with Gasteiger partial charge in [-0.2, -0.15) is 0 Å². The van der Waals surface area contributed by atoms with Gasteiger partial charge in [0.2, 0.25) is 0 Å². The van der Waals surface area contributed by atoms with Gasteiger partial charge in [-0.05, 0) is 85.8 Å². The number of nitrogens with zero attached hydrogens (tertiary/aromatic N) is 2. The third-order valence-corrected chi connectivity index (χ3v) is 8.88. The SMILES string of the molecule is c1ccc(-c2cc3cnc4ccccc4c3c3ccccc23)c(-c2cnc3ccc(-c4ccc5ccccc5c4)cc3c2)c1. The minimum absolute atomic E-state index is 0.991. The van der Waals surface area contributed by atoms with Gasteiger partial charge in [-0.15, -0.1) is 0 Å². The van der Waals surface area contributed by atoms with Crippen LogP contribution >= 0.6 is 0 Å². The van der Waals surface area contributed by atoms with Crippen molar-refractivity contribution < 1.29 is 0 Å². The average Bonchev–Trinajstić information content (AvgIpc) is 3.10. The first-order chi connectivity index (χ1) is 21.8. The highest BCUT2D eigenvalue weighted by Gasteiger charge is 2.15. The van der Waals surface area contributed by atoms with E-state index >= 15 is 0 Å². The van der Waals surface area contributed by atoms with E-state index in [2.05, 4.69) is 146 Å². The summed E-state index contributed by atoms with van der Waals surface area (Å²) in [5, 5.41) is 9.68. The van der Waals surface area contributed by atoms with Crippen LogP contribution in [-0.4, -0.2) is 9.97 Å². The maximum absolute atomic E-state index is 4.91. The molecule has 0 spiro atoms. The van der Waals surface area contributed by atoms with Crippen molar-refractivity contribution in [2.24, 2.45) is 0 Å². The van der Waals surface area contributed by atoms with E-state index in [0.29, 0.717) is 0 Å². The molecule has 2 heterocycles. The van der Waals surface area contributed by atoms with Crippen LogP contribution in [0.4, 0.5) is 0 Å². The molecule has 9 aromatic rings. The van der Waals surface area contributed by atoms with Crippen molar-refractivity contribution in [2.75, 3.05) is 0 Å². The van der Waals surface area contributed by atoms with Gasteiger partial charge in [-0.3, -0.25) is 9.97 Å². The van der Waals surface area contributed by atoms with Gasteiger partial charge in [0, 0.05) is 39.5 Å². The molecule has 0 bridgehead atoms. The van der Waals surface area contributed by atoms with Gasteiger partial charge in [-0.25, -0.2) is 0 Å². The molecule has 44 heavy (non-hydrogen) atoms. The van der Waals surface area contributed by atoms with E-state index in [0.717, 1.165) is 32.9 Å². The summed E-state index contributed by atoms with van der Waals surface area (Å²) in [5.74, 6) is 0. The van der Waals surface area contributed by atoms with E-state index in [4.69, 9.17) is 9.97 Å². The first-order valence-corrected chi connectivity index (χ1v) is 15.0. The molecule has 2 nitrogen and oxygen atoms in total. The largest absolute Gasteiger partial charge is 0.256 e. The van der Waals surface area contributed by atoms with Crippen molar-refractivity contribution in [3.8, 4) is 33.4 Å². The van der Waals surface area contributed by atoms with Crippen LogP contribution in [0.5, 0.6) is 0 Å². The highest BCUT2D eigenvalue weighted by Crippen LogP contribution is 2.41. The monoisotopic (exact) mass is 558 g/mol. The zero-order valence-corrected chi connectivity index (χ0v) is 23.9. The van der Waals surface area contributed by atoms with Crippen molar-refractivity contribution >= 4 is 54.1 Å². The van der Waals surface area contributed by atoms with Crippen LogP contribution in [0.3, 0.4) is 0 Å². The lowest BCUT2D eigenvalue weighted by Gasteiger charge is -2.16. The fraction of sp³-hybridized carbons (Fsp3) is 0. The molecular weight excluding hydrogens is 532 g/mol. The van der Waals surface area contributed by atoms with E-state index < -0.39 is 0 Å². The zero-order chi connectivity index (χ0) is 29.0. The summed E-state index contributed by atoms with van der Waals surface area (Å²) in [5.41, 5.74) is 9.06. The van der Waals surface area contributed by atoms with E-state index in [9.17, 15) is 0 Å². The van der Waals surface area contributed by atoms with Gasteiger partial charge in [0.25, 0.3) is 0 Å². The Bertz CT molecular complexity index is 2560. The summed E-state index contributed by atoms with van der Waals surface area (Å²) in [6.45, 7) is 0. The number of rotatable bonds is 3. The molecule has 0 aliphatic heterocycles. The number of aromatic nitrogens is 2. The standard InChI is InChI=1S/C42H26N2/c1-2-10-28-21-29(18-17-27(28)9-1)30-19-20-40-31(22-30)23-32(25-43-40)34-11-3-4-12-35(34)39-24-33-26-44-41-16-8-7-15-38(41)42(33)37-14-6-5-13-36(37)39/h1-26H. The first kappa shape index (κ1) is 24.7. The lowest BCUT2D eigenvalue weighted by Crippen LogP contribution is -1.91. The molecule has 0 atom stereocenters. The van der Waals surface area contributed by atoms with Crippen molar-refractivity contribution in [1.29, 1.82) is 0 Å². The predicted octanol–water partition coefficient (Wildman–Crippen LogP) is 11.2. The zero-order valence-electron chi connectivity index (χ0n) is 23.9. The maximum Gasteiger partial charge on any atom is 0.0708 e. The number of para-hydroxylation sites is 1. The summed E-state index contributed by atoms with van der Waals surface area (Å²) in [6.07, 6.45) is 4.03.